The van der Waals surface area contributed by atoms with E-state index in [0.29, 0.717) is 11.4 Å². The van der Waals surface area contributed by atoms with E-state index in [1.807, 2.05) is 20.0 Å². The van der Waals surface area contributed by atoms with Gasteiger partial charge in [-0.3, -0.25) is 0 Å². The van der Waals surface area contributed by atoms with E-state index in [1.54, 1.807) is 30.0 Å². The molecule has 0 fully saturated rings. The van der Waals surface area contributed by atoms with E-state index < -0.39 is 10.0 Å². The molecular weight excluding hydrogens is 292 g/mol. The summed E-state index contributed by atoms with van der Waals surface area (Å²) in [6, 6.07) is 7.21. The molecule has 0 amide bonds. The van der Waals surface area contributed by atoms with Crippen molar-refractivity contribution in [2.24, 2.45) is 0 Å². The Morgan fingerprint density at radius 1 is 1.30 bits per heavy atom. The molecule has 0 saturated carbocycles. The third-order valence-electron chi connectivity index (χ3n) is 3.17. The van der Waals surface area contributed by atoms with E-state index in [9.17, 15) is 8.42 Å². The smallest absolute Gasteiger partial charge is 0.240 e. The van der Waals surface area contributed by atoms with Gasteiger partial charge < -0.3 is 5.32 Å². The van der Waals surface area contributed by atoms with Crippen LogP contribution in [0.5, 0.6) is 0 Å². The van der Waals surface area contributed by atoms with Crippen molar-refractivity contribution in [1.29, 1.82) is 0 Å². The SMILES string of the molecule is CNC(C)c1cccc(S(=O)(=O)NCCCCSC)c1. The molecule has 0 spiro atoms. The first kappa shape index (κ1) is 17.5. The van der Waals surface area contributed by atoms with Crippen molar-refractivity contribution in [3.05, 3.63) is 29.8 Å². The van der Waals surface area contributed by atoms with Crippen LogP contribution in [0.25, 0.3) is 0 Å². The summed E-state index contributed by atoms with van der Waals surface area (Å²) in [4.78, 5) is 0.335. The van der Waals surface area contributed by atoms with Crippen LogP contribution in [0, 0.1) is 0 Å². The fourth-order valence-corrected chi connectivity index (χ4v) is 3.40. The highest BCUT2D eigenvalue weighted by molar-refractivity contribution is 7.98. The lowest BCUT2D eigenvalue weighted by Gasteiger charge is -2.12. The summed E-state index contributed by atoms with van der Waals surface area (Å²) in [7, 11) is -1.54. The summed E-state index contributed by atoms with van der Waals surface area (Å²) in [6.45, 7) is 2.50. The predicted molar refractivity (Wildman–Crippen MR) is 86.7 cm³/mol. The summed E-state index contributed by atoms with van der Waals surface area (Å²) in [5.41, 5.74) is 0.970. The molecule has 20 heavy (non-hydrogen) atoms. The largest absolute Gasteiger partial charge is 0.313 e. The maximum absolute atomic E-state index is 12.2. The van der Waals surface area contributed by atoms with Crippen molar-refractivity contribution in [3.8, 4) is 0 Å². The third kappa shape index (κ3) is 5.44. The molecule has 1 aromatic carbocycles. The fraction of sp³-hybridized carbons (Fsp3) is 0.571. The average Bonchev–Trinajstić information content (AvgIpc) is 2.46. The monoisotopic (exact) mass is 316 g/mol. The quantitative estimate of drug-likeness (QED) is 0.687. The topological polar surface area (TPSA) is 58.2 Å². The average molecular weight is 316 g/mol. The van der Waals surface area contributed by atoms with Gasteiger partial charge in [-0.2, -0.15) is 11.8 Å². The molecule has 114 valence electrons. The number of nitrogens with one attached hydrogen (secondary N) is 2. The van der Waals surface area contributed by atoms with E-state index in [0.717, 1.165) is 24.2 Å². The molecule has 1 rings (SSSR count). The predicted octanol–water partition coefficient (Wildman–Crippen LogP) is 2.39. The minimum atomic E-state index is -3.40. The molecule has 0 saturated heterocycles. The molecule has 1 aromatic rings. The summed E-state index contributed by atoms with van der Waals surface area (Å²) in [6.07, 6.45) is 3.95. The van der Waals surface area contributed by atoms with Crippen molar-refractivity contribution in [3.63, 3.8) is 0 Å². The van der Waals surface area contributed by atoms with E-state index in [2.05, 4.69) is 16.3 Å². The van der Waals surface area contributed by atoms with Crippen molar-refractivity contribution in [2.45, 2.75) is 30.7 Å². The normalized spacial score (nSPS) is 13.3. The van der Waals surface area contributed by atoms with Crippen LogP contribution in [-0.4, -0.2) is 34.0 Å². The Hall–Kier alpha value is -0.560. The zero-order valence-electron chi connectivity index (χ0n) is 12.3. The van der Waals surface area contributed by atoms with Gasteiger partial charge in [0, 0.05) is 12.6 Å². The highest BCUT2D eigenvalue weighted by Crippen LogP contribution is 2.17. The maximum atomic E-state index is 12.2. The molecule has 0 radical (unpaired) electrons. The van der Waals surface area contributed by atoms with Gasteiger partial charge in [0.25, 0.3) is 0 Å². The van der Waals surface area contributed by atoms with E-state index in [4.69, 9.17) is 0 Å². The van der Waals surface area contributed by atoms with Crippen LogP contribution in [0.3, 0.4) is 0 Å². The first-order chi connectivity index (χ1) is 9.51. The van der Waals surface area contributed by atoms with Gasteiger partial charge in [0.15, 0.2) is 0 Å². The van der Waals surface area contributed by atoms with Crippen LogP contribution < -0.4 is 10.0 Å². The minimum absolute atomic E-state index is 0.131. The molecule has 6 heteroatoms. The van der Waals surface area contributed by atoms with Crippen LogP contribution in [0.2, 0.25) is 0 Å². The Labute approximate surface area is 126 Å². The lowest BCUT2D eigenvalue weighted by Crippen LogP contribution is -2.25. The summed E-state index contributed by atoms with van der Waals surface area (Å²) < 4.78 is 27.0. The van der Waals surface area contributed by atoms with Gasteiger partial charge >= 0.3 is 0 Å². The third-order valence-corrected chi connectivity index (χ3v) is 5.32. The molecule has 0 aliphatic carbocycles. The van der Waals surface area contributed by atoms with Crippen LogP contribution in [-0.2, 0) is 10.0 Å². The lowest BCUT2D eigenvalue weighted by atomic mass is 10.1. The number of unbranched alkanes of at least 4 members (excludes halogenated alkanes) is 1. The molecule has 0 bridgehead atoms. The van der Waals surface area contributed by atoms with Gasteiger partial charge in [-0.25, -0.2) is 13.1 Å². The second-order valence-electron chi connectivity index (χ2n) is 4.68. The van der Waals surface area contributed by atoms with Gasteiger partial charge in [-0.15, -0.1) is 0 Å². The Bertz CT molecular complexity index is 504. The van der Waals surface area contributed by atoms with Crippen molar-refractivity contribution in [2.75, 3.05) is 25.6 Å². The van der Waals surface area contributed by atoms with Crippen LogP contribution >= 0.6 is 11.8 Å². The number of sulfonamides is 1. The van der Waals surface area contributed by atoms with E-state index >= 15 is 0 Å². The van der Waals surface area contributed by atoms with Gasteiger partial charge in [0.1, 0.15) is 0 Å². The Kier molecular flexibility index (Phi) is 7.58. The van der Waals surface area contributed by atoms with Gasteiger partial charge in [0.2, 0.25) is 10.0 Å². The molecule has 0 heterocycles. The van der Waals surface area contributed by atoms with Crippen LogP contribution in [0.1, 0.15) is 31.4 Å². The zero-order chi connectivity index (χ0) is 15.0. The number of thioether (sulfide) groups is 1. The second-order valence-corrected chi connectivity index (χ2v) is 7.43. The Morgan fingerprint density at radius 2 is 2.05 bits per heavy atom. The fourth-order valence-electron chi connectivity index (χ4n) is 1.78. The molecule has 0 aliphatic rings. The maximum Gasteiger partial charge on any atom is 0.240 e. The van der Waals surface area contributed by atoms with Gasteiger partial charge in [0.05, 0.1) is 4.90 Å². The van der Waals surface area contributed by atoms with Gasteiger partial charge in [-0.05, 0) is 56.5 Å². The molecule has 1 unspecified atom stereocenters. The first-order valence-electron chi connectivity index (χ1n) is 6.77. The number of rotatable bonds is 9. The lowest BCUT2D eigenvalue weighted by molar-refractivity contribution is 0.578. The Morgan fingerprint density at radius 3 is 2.70 bits per heavy atom. The summed E-state index contributed by atoms with van der Waals surface area (Å²) >= 11 is 1.78. The van der Waals surface area contributed by atoms with Crippen LogP contribution in [0.4, 0.5) is 0 Å². The number of benzene rings is 1. The molecular formula is C14H24N2O2S2. The molecule has 0 aliphatic heterocycles. The molecule has 1 atom stereocenters. The van der Waals surface area contributed by atoms with Crippen LogP contribution in [0.15, 0.2) is 29.2 Å². The van der Waals surface area contributed by atoms with Gasteiger partial charge in [-0.1, -0.05) is 12.1 Å². The van der Waals surface area contributed by atoms with E-state index in [1.165, 1.54) is 0 Å². The second kappa shape index (κ2) is 8.67. The summed E-state index contributed by atoms with van der Waals surface area (Å²) in [5.74, 6) is 1.07. The standard InChI is InChI=1S/C14H24N2O2S2/c1-12(15-2)13-7-6-8-14(11-13)20(17,18)16-9-4-5-10-19-3/h6-8,11-12,15-16H,4-5,9-10H2,1-3H3. The minimum Gasteiger partial charge on any atom is -0.313 e. The van der Waals surface area contributed by atoms with Crippen molar-refractivity contribution < 1.29 is 8.42 Å². The summed E-state index contributed by atoms with van der Waals surface area (Å²) in [5, 5.41) is 3.11. The van der Waals surface area contributed by atoms with E-state index in [-0.39, 0.29) is 6.04 Å². The highest BCUT2D eigenvalue weighted by Gasteiger charge is 2.14. The molecule has 2 N–H and O–H groups in total. The number of hydrogen-bond donors (Lipinski definition) is 2. The number of hydrogen-bond acceptors (Lipinski definition) is 4. The van der Waals surface area contributed by atoms with Crippen molar-refractivity contribution >= 4 is 21.8 Å². The first-order valence-corrected chi connectivity index (χ1v) is 9.65. The molecule has 0 aromatic heterocycles. The highest BCUT2D eigenvalue weighted by atomic mass is 32.2. The van der Waals surface area contributed by atoms with Crippen molar-refractivity contribution in [1.82, 2.24) is 10.0 Å². The zero-order valence-corrected chi connectivity index (χ0v) is 14.0. The molecule has 4 nitrogen and oxygen atoms in total. The Balaban J connectivity index is 2.67.